The van der Waals surface area contributed by atoms with Crippen LogP contribution in [0.4, 0.5) is 0 Å². The van der Waals surface area contributed by atoms with E-state index in [0.29, 0.717) is 0 Å². The second kappa shape index (κ2) is 20.5. The third-order valence-corrected chi connectivity index (χ3v) is 18.5. The highest BCUT2D eigenvalue weighted by molar-refractivity contribution is 6.13. The van der Waals surface area contributed by atoms with Gasteiger partial charge >= 0.3 is 0 Å². The van der Waals surface area contributed by atoms with E-state index in [4.69, 9.17) is 0 Å². The third kappa shape index (κ3) is 8.17. The van der Waals surface area contributed by atoms with E-state index in [9.17, 15) is 0 Å². The summed E-state index contributed by atoms with van der Waals surface area (Å²) in [7, 11) is 0. The predicted octanol–water partition coefficient (Wildman–Crippen LogP) is 22.2. The number of hydrogen-bond acceptors (Lipinski definition) is 0. The maximum Gasteiger partial charge on any atom is 0.0713 e. The summed E-state index contributed by atoms with van der Waals surface area (Å²) in [5.41, 5.74) is 28.8. The highest BCUT2D eigenvalue weighted by Crippen LogP contribution is 2.56. The lowest BCUT2D eigenvalue weighted by Crippen LogP contribution is -2.28. The normalized spacial score (nSPS) is 12.5. The molecule has 1 aliphatic carbocycles. The molecule has 0 N–H and O–H groups in total. The van der Waals surface area contributed by atoms with Crippen molar-refractivity contribution in [2.24, 2.45) is 0 Å². The Bertz CT molecular complexity index is 5250. The van der Waals surface area contributed by atoms with Crippen LogP contribution in [0.2, 0.25) is 0 Å². The number of rotatable bonds is 10. The number of hydrogen-bond donors (Lipinski definition) is 0. The molecule has 14 aromatic carbocycles. The van der Waals surface area contributed by atoms with Gasteiger partial charge in [0.05, 0.1) is 33.2 Å². The van der Waals surface area contributed by atoms with Gasteiger partial charge in [0, 0.05) is 32.8 Å². The van der Waals surface area contributed by atoms with Crippen molar-refractivity contribution in [3.05, 3.63) is 362 Å². The molecule has 2 nitrogen and oxygen atoms in total. The van der Waals surface area contributed by atoms with Gasteiger partial charge in [0.1, 0.15) is 0 Å². The smallest absolute Gasteiger partial charge is 0.0713 e. The maximum atomic E-state index is 2.46. The fourth-order valence-electron chi connectivity index (χ4n) is 14.4. The molecular weight excluding hydrogens is 1050 g/mol. The van der Waals surface area contributed by atoms with E-state index in [1.807, 2.05) is 0 Å². The second-order valence-electron chi connectivity index (χ2n) is 23.1. The topological polar surface area (TPSA) is 9.86 Å². The van der Waals surface area contributed by atoms with Crippen LogP contribution in [0.1, 0.15) is 22.3 Å². The Balaban J connectivity index is 0.655. The number of nitrogens with zero attached hydrogens (tertiary/aromatic N) is 2. The first kappa shape index (κ1) is 50.2. The lowest BCUT2D eigenvalue weighted by molar-refractivity contribution is 0.768. The van der Waals surface area contributed by atoms with Gasteiger partial charge in [0.25, 0.3) is 0 Å². The molecule has 0 aliphatic heterocycles. The van der Waals surface area contributed by atoms with Crippen molar-refractivity contribution in [1.29, 1.82) is 0 Å². The lowest BCUT2D eigenvalue weighted by atomic mass is 9.67. The van der Waals surface area contributed by atoms with E-state index in [1.54, 1.807) is 0 Å². The molecule has 0 bridgehead atoms. The van der Waals surface area contributed by atoms with Crippen molar-refractivity contribution >= 4 is 43.6 Å². The summed E-state index contributed by atoms with van der Waals surface area (Å²) in [5.74, 6) is 0. The Labute approximate surface area is 506 Å². The largest absolute Gasteiger partial charge is 0.309 e. The van der Waals surface area contributed by atoms with Gasteiger partial charge in [-0.2, -0.15) is 0 Å². The SMILES string of the molecule is c1ccc(-c2cccc(-n3c4ccccc4c4cc(-c5ccc6c(c5)c5ccccc5n6-c5ccccc5-c5ccc(-c6ccc(-c7cccc(-c8ccc(C9(c%10ccccc%10)c%10ccccc%10-c%10ccccc%109)cc8)c7)cc6)cc5)ccc43)c2)cc1. The van der Waals surface area contributed by atoms with Gasteiger partial charge in [-0.15, -0.1) is 0 Å². The highest BCUT2D eigenvalue weighted by Gasteiger charge is 2.45. The van der Waals surface area contributed by atoms with E-state index in [1.165, 1.54) is 144 Å². The summed E-state index contributed by atoms with van der Waals surface area (Å²) in [6.07, 6.45) is 0. The zero-order valence-corrected chi connectivity index (χ0v) is 47.7. The van der Waals surface area contributed by atoms with Gasteiger partial charge in [-0.05, 0) is 155 Å². The van der Waals surface area contributed by atoms with Crippen LogP contribution >= 0.6 is 0 Å². The molecule has 87 heavy (non-hydrogen) atoms. The average molecular weight is 1110 g/mol. The summed E-state index contributed by atoms with van der Waals surface area (Å²) >= 11 is 0. The fraction of sp³-hybridized carbons (Fsp3) is 0.0118. The van der Waals surface area contributed by atoms with Crippen LogP contribution in [0, 0.1) is 0 Å². The molecule has 406 valence electrons. The molecule has 0 saturated heterocycles. The molecule has 17 rings (SSSR count). The van der Waals surface area contributed by atoms with Gasteiger partial charge in [0.15, 0.2) is 0 Å². The van der Waals surface area contributed by atoms with Crippen molar-refractivity contribution in [2.45, 2.75) is 5.41 Å². The van der Waals surface area contributed by atoms with Crippen molar-refractivity contribution in [3.63, 3.8) is 0 Å². The Morgan fingerprint density at radius 1 is 0.195 bits per heavy atom. The maximum absolute atomic E-state index is 2.46. The van der Waals surface area contributed by atoms with Crippen LogP contribution < -0.4 is 0 Å². The van der Waals surface area contributed by atoms with Crippen LogP contribution in [-0.2, 0) is 5.41 Å². The van der Waals surface area contributed by atoms with E-state index in [2.05, 4.69) is 349 Å². The van der Waals surface area contributed by atoms with Crippen LogP contribution in [0.5, 0.6) is 0 Å². The van der Waals surface area contributed by atoms with E-state index in [0.717, 1.165) is 11.4 Å². The molecular formula is C85H56N2. The molecule has 0 atom stereocenters. The summed E-state index contributed by atoms with van der Waals surface area (Å²) in [5, 5.41) is 4.94. The van der Waals surface area contributed by atoms with Crippen LogP contribution in [0.3, 0.4) is 0 Å². The lowest BCUT2D eigenvalue weighted by Gasteiger charge is -2.34. The van der Waals surface area contributed by atoms with Crippen LogP contribution in [0.25, 0.3) is 133 Å². The first-order chi connectivity index (χ1) is 43.1. The van der Waals surface area contributed by atoms with Gasteiger partial charge < -0.3 is 9.13 Å². The first-order valence-corrected chi connectivity index (χ1v) is 30.1. The summed E-state index contributed by atoms with van der Waals surface area (Å²) in [4.78, 5) is 0. The van der Waals surface area contributed by atoms with Crippen molar-refractivity contribution < 1.29 is 0 Å². The Hall–Kier alpha value is -11.3. The van der Waals surface area contributed by atoms with Gasteiger partial charge in [-0.1, -0.05) is 279 Å². The Morgan fingerprint density at radius 2 is 0.563 bits per heavy atom. The molecule has 0 radical (unpaired) electrons. The number of benzene rings is 14. The third-order valence-electron chi connectivity index (χ3n) is 18.5. The number of para-hydroxylation sites is 3. The van der Waals surface area contributed by atoms with Crippen molar-refractivity contribution in [1.82, 2.24) is 9.13 Å². The summed E-state index contributed by atoms with van der Waals surface area (Å²) < 4.78 is 4.87. The van der Waals surface area contributed by atoms with E-state index < -0.39 is 5.41 Å². The molecule has 0 fully saturated rings. The number of aromatic nitrogens is 2. The Kier molecular flexibility index (Phi) is 11.8. The zero-order valence-electron chi connectivity index (χ0n) is 47.7. The summed E-state index contributed by atoms with van der Waals surface area (Å²) in [6.45, 7) is 0. The second-order valence-corrected chi connectivity index (χ2v) is 23.1. The minimum absolute atomic E-state index is 0.412. The van der Waals surface area contributed by atoms with E-state index >= 15 is 0 Å². The molecule has 2 heterocycles. The van der Waals surface area contributed by atoms with E-state index in [-0.39, 0.29) is 0 Å². The molecule has 16 aromatic rings. The minimum Gasteiger partial charge on any atom is -0.309 e. The quantitative estimate of drug-likeness (QED) is 0.129. The minimum atomic E-state index is -0.412. The fourth-order valence-corrected chi connectivity index (χ4v) is 14.4. The summed E-state index contributed by atoms with van der Waals surface area (Å²) in [6, 6.07) is 125. The molecule has 0 spiro atoms. The molecule has 2 aromatic heterocycles. The van der Waals surface area contributed by atoms with Crippen molar-refractivity contribution in [2.75, 3.05) is 0 Å². The highest BCUT2D eigenvalue weighted by atomic mass is 15.0. The molecule has 0 unspecified atom stereocenters. The van der Waals surface area contributed by atoms with Gasteiger partial charge in [0.2, 0.25) is 0 Å². The van der Waals surface area contributed by atoms with Crippen molar-refractivity contribution in [3.8, 4) is 89.3 Å². The zero-order chi connectivity index (χ0) is 57.4. The average Bonchev–Trinajstić information content (AvgIpc) is 1.72. The molecule has 0 amide bonds. The van der Waals surface area contributed by atoms with Gasteiger partial charge in [-0.25, -0.2) is 0 Å². The van der Waals surface area contributed by atoms with Crippen LogP contribution in [-0.4, -0.2) is 9.13 Å². The van der Waals surface area contributed by atoms with Gasteiger partial charge in [-0.3, -0.25) is 0 Å². The monoisotopic (exact) mass is 1100 g/mol. The van der Waals surface area contributed by atoms with Crippen LogP contribution in [0.15, 0.2) is 340 Å². The molecule has 0 saturated carbocycles. The standard InChI is InChI=1S/C85H56N2/c1-3-19-57(20-4-1)65-23-18-26-70(54-65)86-81-35-15-10-30-74(81)76-55-66(47-51-83(76)86)67-48-52-84-77(56-67)75-31-11-16-36-82(75)87(84)80-34-14-9-27-71(80)62-43-41-59(42-44-62)58-37-39-60(40-38-58)63-21-17-22-64(53-63)61-45-49-69(50-46-61)85(68-24-5-2-6-25-68)78-32-12-7-28-72(78)73-29-8-13-33-79(73)85/h1-56H. The first-order valence-electron chi connectivity index (χ1n) is 30.1. The predicted molar refractivity (Wildman–Crippen MR) is 365 cm³/mol. The number of fused-ring (bicyclic) bond motifs is 9. The molecule has 1 aliphatic rings. The molecule has 2 heteroatoms. The Morgan fingerprint density at radius 3 is 1.16 bits per heavy atom.